The van der Waals surface area contributed by atoms with Gasteiger partial charge in [0.2, 0.25) is 5.91 Å². The van der Waals surface area contributed by atoms with Gasteiger partial charge in [0.05, 0.1) is 24.3 Å². The van der Waals surface area contributed by atoms with E-state index in [9.17, 15) is 9.90 Å². The molecule has 1 saturated carbocycles. The van der Waals surface area contributed by atoms with Crippen LogP contribution in [0.2, 0.25) is 0 Å². The van der Waals surface area contributed by atoms with Crippen molar-refractivity contribution in [3.8, 4) is 0 Å². The molecule has 1 aromatic rings. The van der Waals surface area contributed by atoms with Gasteiger partial charge in [-0.1, -0.05) is 0 Å². The highest BCUT2D eigenvalue weighted by molar-refractivity contribution is 5.80. The van der Waals surface area contributed by atoms with Gasteiger partial charge >= 0.3 is 0 Å². The van der Waals surface area contributed by atoms with Crippen LogP contribution in [0.15, 0.2) is 22.8 Å². The summed E-state index contributed by atoms with van der Waals surface area (Å²) in [6.07, 6.45) is 5.71. The van der Waals surface area contributed by atoms with Crippen LogP contribution in [0.5, 0.6) is 0 Å². The molecule has 4 heteroatoms. The summed E-state index contributed by atoms with van der Waals surface area (Å²) in [5, 5.41) is 9.87. The minimum absolute atomic E-state index is 0.0697. The number of aliphatic hydroxyl groups is 1. The first-order chi connectivity index (χ1) is 8.77. The molecule has 4 nitrogen and oxygen atoms in total. The summed E-state index contributed by atoms with van der Waals surface area (Å²) in [7, 11) is 0. The van der Waals surface area contributed by atoms with E-state index in [1.165, 1.54) is 0 Å². The van der Waals surface area contributed by atoms with Crippen LogP contribution >= 0.6 is 0 Å². The molecule has 1 saturated heterocycles. The third-order valence-corrected chi connectivity index (χ3v) is 4.20. The molecule has 0 bridgehead atoms. The third kappa shape index (κ3) is 1.94. The summed E-state index contributed by atoms with van der Waals surface area (Å²) < 4.78 is 5.43. The highest BCUT2D eigenvalue weighted by Crippen LogP contribution is 2.36. The van der Waals surface area contributed by atoms with E-state index in [4.69, 9.17) is 4.42 Å². The molecule has 1 amide bonds. The van der Waals surface area contributed by atoms with Crippen LogP contribution in [-0.4, -0.2) is 28.6 Å². The molecule has 1 N–H and O–H groups in total. The first-order valence-electron chi connectivity index (χ1n) is 6.79. The molecule has 98 valence electrons. The lowest BCUT2D eigenvalue weighted by Gasteiger charge is -2.27. The molecule has 1 aromatic heterocycles. The van der Waals surface area contributed by atoms with Crippen molar-refractivity contribution in [3.05, 3.63) is 24.2 Å². The van der Waals surface area contributed by atoms with Crippen molar-refractivity contribution in [1.29, 1.82) is 0 Å². The Bertz CT molecular complexity index is 415. The van der Waals surface area contributed by atoms with Crippen molar-refractivity contribution < 1.29 is 14.3 Å². The second-order valence-electron chi connectivity index (χ2n) is 5.31. The number of carbonyl (C=O) groups excluding carboxylic acids is 1. The molecular weight excluding hydrogens is 230 g/mol. The van der Waals surface area contributed by atoms with Crippen LogP contribution in [0.1, 0.15) is 43.9 Å². The predicted molar refractivity (Wildman–Crippen MR) is 65.7 cm³/mol. The van der Waals surface area contributed by atoms with Crippen molar-refractivity contribution in [3.63, 3.8) is 0 Å². The Morgan fingerprint density at radius 3 is 2.89 bits per heavy atom. The van der Waals surface area contributed by atoms with Gasteiger partial charge < -0.3 is 14.4 Å². The number of rotatable bonds is 2. The zero-order valence-corrected chi connectivity index (χ0v) is 10.4. The maximum Gasteiger partial charge on any atom is 0.228 e. The largest absolute Gasteiger partial charge is 0.467 e. The Balaban J connectivity index is 1.76. The van der Waals surface area contributed by atoms with E-state index in [2.05, 4.69) is 0 Å². The number of aliphatic hydroxyl groups excluding tert-OH is 1. The van der Waals surface area contributed by atoms with Gasteiger partial charge in [-0.25, -0.2) is 0 Å². The molecule has 2 heterocycles. The minimum atomic E-state index is -0.449. The Morgan fingerprint density at radius 1 is 1.33 bits per heavy atom. The summed E-state index contributed by atoms with van der Waals surface area (Å²) >= 11 is 0. The minimum Gasteiger partial charge on any atom is -0.467 e. The lowest BCUT2D eigenvalue weighted by atomic mass is 10.0. The van der Waals surface area contributed by atoms with Crippen LogP contribution < -0.4 is 0 Å². The second-order valence-corrected chi connectivity index (χ2v) is 5.31. The molecule has 2 fully saturated rings. The number of hydrogen-bond donors (Lipinski definition) is 1. The molecule has 0 spiro atoms. The second kappa shape index (κ2) is 4.76. The van der Waals surface area contributed by atoms with Crippen molar-refractivity contribution in [2.45, 2.75) is 44.2 Å². The molecule has 3 unspecified atom stereocenters. The molecular formula is C14H19NO3. The van der Waals surface area contributed by atoms with Gasteiger partial charge in [0.15, 0.2) is 0 Å². The SMILES string of the molecule is O=C(C1CCCC1O)N1CCCC1c1ccco1. The van der Waals surface area contributed by atoms with Crippen molar-refractivity contribution >= 4 is 5.91 Å². The van der Waals surface area contributed by atoms with Gasteiger partial charge in [0, 0.05) is 6.54 Å². The van der Waals surface area contributed by atoms with E-state index >= 15 is 0 Å². The summed E-state index contributed by atoms with van der Waals surface area (Å²) in [5.74, 6) is 0.785. The Morgan fingerprint density at radius 2 is 2.22 bits per heavy atom. The normalized spacial score (nSPS) is 32.1. The Hall–Kier alpha value is -1.29. The van der Waals surface area contributed by atoms with Gasteiger partial charge in [-0.15, -0.1) is 0 Å². The molecule has 1 aliphatic heterocycles. The Labute approximate surface area is 107 Å². The van der Waals surface area contributed by atoms with Crippen molar-refractivity contribution in [1.82, 2.24) is 4.90 Å². The van der Waals surface area contributed by atoms with Crippen LogP contribution in [-0.2, 0) is 4.79 Å². The van der Waals surface area contributed by atoms with Crippen molar-refractivity contribution in [2.24, 2.45) is 5.92 Å². The summed E-state index contributed by atoms with van der Waals surface area (Å²) in [6.45, 7) is 0.785. The summed E-state index contributed by atoms with van der Waals surface area (Å²) in [4.78, 5) is 14.4. The first-order valence-corrected chi connectivity index (χ1v) is 6.79. The molecule has 1 aliphatic carbocycles. The smallest absolute Gasteiger partial charge is 0.228 e. The van der Waals surface area contributed by atoms with E-state index in [1.807, 2.05) is 17.0 Å². The summed E-state index contributed by atoms with van der Waals surface area (Å²) in [6, 6.07) is 3.86. The molecule has 3 atom stereocenters. The molecule has 18 heavy (non-hydrogen) atoms. The molecule has 0 aromatic carbocycles. The lowest BCUT2D eigenvalue weighted by molar-refractivity contribution is -0.139. The maximum absolute atomic E-state index is 12.5. The van der Waals surface area contributed by atoms with E-state index in [-0.39, 0.29) is 17.9 Å². The molecule has 2 aliphatic rings. The quantitative estimate of drug-likeness (QED) is 0.873. The maximum atomic E-state index is 12.5. The topological polar surface area (TPSA) is 53.7 Å². The zero-order chi connectivity index (χ0) is 12.5. The average molecular weight is 249 g/mol. The number of hydrogen-bond acceptors (Lipinski definition) is 3. The fourth-order valence-electron chi connectivity index (χ4n) is 3.25. The molecule has 3 rings (SSSR count). The fourth-order valence-corrected chi connectivity index (χ4v) is 3.25. The van der Waals surface area contributed by atoms with Crippen LogP contribution in [0.3, 0.4) is 0 Å². The van der Waals surface area contributed by atoms with Gasteiger partial charge in [-0.05, 0) is 44.2 Å². The van der Waals surface area contributed by atoms with E-state index in [0.717, 1.165) is 44.4 Å². The summed E-state index contributed by atoms with van der Waals surface area (Å²) in [5.41, 5.74) is 0. The highest BCUT2D eigenvalue weighted by atomic mass is 16.3. The van der Waals surface area contributed by atoms with E-state index in [1.54, 1.807) is 6.26 Å². The van der Waals surface area contributed by atoms with Crippen LogP contribution in [0.25, 0.3) is 0 Å². The van der Waals surface area contributed by atoms with E-state index < -0.39 is 6.10 Å². The van der Waals surface area contributed by atoms with Gasteiger partial charge in [-0.3, -0.25) is 4.79 Å². The predicted octanol–water partition coefficient (Wildman–Crippen LogP) is 2.10. The Kier molecular flexibility index (Phi) is 3.12. The van der Waals surface area contributed by atoms with Crippen LogP contribution in [0.4, 0.5) is 0 Å². The zero-order valence-electron chi connectivity index (χ0n) is 10.4. The first kappa shape index (κ1) is 11.8. The third-order valence-electron chi connectivity index (χ3n) is 4.20. The lowest BCUT2D eigenvalue weighted by Crippen LogP contribution is -2.38. The standard InChI is InChI=1S/C14H19NO3/c16-12-6-1-4-10(12)14(17)15-8-2-5-11(15)13-7-3-9-18-13/h3,7,9-12,16H,1-2,4-6,8H2. The monoisotopic (exact) mass is 249 g/mol. The van der Waals surface area contributed by atoms with Crippen molar-refractivity contribution in [2.75, 3.05) is 6.54 Å². The number of likely N-dealkylation sites (tertiary alicyclic amines) is 1. The number of amides is 1. The van der Waals surface area contributed by atoms with Gasteiger partial charge in [-0.2, -0.15) is 0 Å². The highest BCUT2D eigenvalue weighted by Gasteiger charge is 2.39. The number of nitrogens with zero attached hydrogens (tertiary/aromatic N) is 1. The fraction of sp³-hybridized carbons (Fsp3) is 0.643. The number of furan rings is 1. The average Bonchev–Trinajstić information content (AvgIpc) is 3.09. The van der Waals surface area contributed by atoms with Gasteiger partial charge in [0.25, 0.3) is 0 Å². The van der Waals surface area contributed by atoms with Gasteiger partial charge in [0.1, 0.15) is 5.76 Å². The molecule has 0 radical (unpaired) electrons. The number of carbonyl (C=O) groups is 1. The van der Waals surface area contributed by atoms with Crippen LogP contribution in [0, 0.1) is 5.92 Å². The van der Waals surface area contributed by atoms with E-state index in [0.29, 0.717) is 0 Å².